The molecule has 266 valence electrons. The largest absolute Gasteiger partial charge is 0.310 e. The van der Waals surface area contributed by atoms with Crippen molar-refractivity contribution in [2.75, 3.05) is 4.90 Å². The van der Waals surface area contributed by atoms with E-state index in [0.717, 1.165) is 17.1 Å². The van der Waals surface area contributed by atoms with Crippen LogP contribution in [0.1, 0.15) is 25.0 Å². The Morgan fingerprint density at radius 2 is 0.821 bits per heavy atom. The summed E-state index contributed by atoms with van der Waals surface area (Å²) in [6, 6.07) is 77.5. The van der Waals surface area contributed by atoms with Gasteiger partial charge in [-0.3, -0.25) is 0 Å². The highest BCUT2D eigenvalue weighted by Crippen LogP contribution is 2.52. The minimum Gasteiger partial charge on any atom is -0.310 e. The third-order valence-corrected chi connectivity index (χ3v) is 11.7. The Bertz CT molecular complexity index is 2860. The molecule has 56 heavy (non-hydrogen) atoms. The first kappa shape index (κ1) is 33.6. The Labute approximate surface area is 329 Å². The minimum atomic E-state index is -0.0883. The van der Waals surface area contributed by atoms with E-state index >= 15 is 0 Å². The SMILES string of the molecule is CC1(C)c2ccccc2-c2cccc(-c3ccc(N(c4cccc(-c5ccc(-c6ccccc6)cc5)c4)c4cccc(-c5cccc6ccccc56)c4)cc3)c21. The lowest BCUT2D eigenvalue weighted by molar-refractivity contribution is 0.662. The van der Waals surface area contributed by atoms with Crippen LogP contribution in [0.4, 0.5) is 17.1 Å². The number of anilines is 3. The molecule has 0 heterocycles. The second-order valence-electron chi connectivity index (χ2n) is 15.4. The molecule has 0 radical (unpaired) electrons. The summed E-state index contributed by atoms with van der Waals surface area (Å²) in [6.45, 7) is 4.73. The van der Waals surface area contributed by atoms with Gasteiger partial charge in [0, 0.05) is 22.5 Å². The zero-order valence-corrected chi connectivity index (χ0v) is 31.7. The molecule has 0 fully saturated rings. The monoisotopic (exact) mass is 715 g/mol. The molecule has 1 aliphatic carbocycles. The van der Waals surface area contributed by atoms with Gasteiger partial charge in [0.1, 0.15) is 0 Å². The zero-order valence-electron chi connectivity index (χ0n) is 31.7. The second-order valence-corrected chi connectivity index (χ2v) is 15.4. The molecule has 0 unspecified atom stereocenters. The van der Waals surface area contributed by atoms with Gasteiger partial charge < -0.3 is 4.90 Å². The van der Waals surface area contributed by atoms with Crippen LogP contribution < -0.4 is 4.90 Å². The fraction of sp³-hybridized carbons (Fsp3) is 0.0545. The van der Waals surface area contributed by atoms with Gasteiger partial charge in [0.25, 0.3) is 0 Å². The third kappa shape index (κ3) is 5.81. The van der Waals surface area contributed by atoms with Crippen LogP contribution >= 0.6 is 0 Å². The van der Waals surface area contributed by atoms with Crippen LogP contribution in [0.5, 0.6) is 0 Å². The molecule has 1 aliphatic rings. The number of nitrogens with zero attached hydrogens (tertiary/aromatic N) is 1. The summed E-state index contributed by atoms with van der Waals surface area (Å²) in [5.41, 5.74) is 18.5. The van der Waals surface area contributed by atoms with Gasteiger partial charge in [-0.1, -0.05) is 190 Å². The van der Waals surface area contributed by atoms with Crippen molar-refractivity contribution in [2.24, 2.45) is 0 Å². The fourth-order valence-corrected chi connectivity index (χ4v) is 8.93. The Morgan fingerprint density at radius 1 is 0.321 bits per heavy atom. The molecule has 0 spiro atoms. The first-order valence-electron chi connectivity index (χ1n) is 19.5. The molecular weight excluding hydrogens is 675 g/mol. The van der Waals surface area contributed by atoms with E-state index in [9.17, 15) is 0 Å². The number of fused-ring (bicyclic) bond motifs is 4. The number of hydrogen-bond donors (Lipinski definition) is 0. The van der Waals surface area contributed by atoms with Crippen LogP contribution in [0.2, 0.25) is 0 Å². The van der Waals surface area contributed by atoms with Crippen LogP contribution in [0.15, 0.2) is 212 Å². The molecule has 0 saturated heterocycles. The van der Waals surface area contributed by atoms with Crippen molar-refractivity contribution < 1.29 is 0 Å². The predicted octanol–water partition coefficient (Wildman–Crippen LogP) is 15.3. The highest BCUT2D eigenvalue weighted by molar-refractivity contribution is 5.97. The molecule has 0 aromatic heterocycles. The van der Waals surface area contributed by atoms with Crippen LogP contribution in [0.3, 0.4) is 0 Å². The van der Waals surface area contributed by atoms with E-state index in [1.165, 1.54) is 77.5 Å². The minimum absolute atomic E-state index is 0.0883. The summed E-state index contributed by atoms with van der Waals surface area (Å²) < 4.78 is 0. The maximum atomic E-state index is 2.40. The van der Waals surface area contributed by atoms with Gasteiger partial charge in [0.15, 0.2) is 0 Å². The lowest BCUT2D eigenvalue weighted by atomic mass is 9.79. The van der Waals surface area contributed by atoms with E-state index in [0.29, 0.717) is 0 Å². The average molecular weight is 716 g/mol. The highest BCUT2D eigenvalue weighted by Gasteiger charge is 2.37. The Kier molecular flexibility index (Phi) is 8.23. The third-order valence-electron chi connectivity index (χ3n) is 11.7. The summed E-state index contributed by atoms with van der Waals surface area (Å²) in [5.74, 6) is 0. The van der Waals surface area contributed by atoms with Gasteiger partial charge in [-0.05, 0) is 114 Å². The molecule has 0 N–H and O–H groups in total. The van der Waals surface area contributed by atoms with Crippen molar-refractivity contribution in [1.29, 1.82) is 0 Å². The van der Waals surface area contributed by atoms with Gasteiger partial charge in [-0.2, -0.15) is 0 Å². The molecular formula is C55H41N. The molecule has 0 bridgehead atoms. The summed E-state index contributed by atoms with van der Waals surface area (Å²) in [6.07, 6.45) is 0. The Balaban J connectivity index is 1.08. The molecule has 0 aliphatic heterocycles. The molecule has 0 amide bonds. The molecule has 9 aromatic carbocycles. The Morgan fingerprint density at radius 3 is 1.61 bits per heavy atom. The first-order valence-corrected chi connectivity index (χ1v) is 19.5. The molecule has 0 saturated carbocycles. The summed E-state index contributed by atoms with van der Waals surface area (Å²) in [4.78, 5) is 2.40. The summed E-state index contributed by atoms with van der Waals surface area (Å²) in [5, 5.41) is 2.50. The smallest absolute Gasteiger partial charge is 0.0467 e. The predicted molar refractivity (Wildman–Crippen MR) is 238 cm³/mol. The quantitative estimate of drug-likeness (QED) is 0.159. The van der Waals surface area contributed by atoms with E-state index < -0.39 is 0 Å². The van der Waals surface area contributed by atoms with Crippen molar-refractivity contribution >= 4 is 27.8 Å². The van der Waals surface area contributed by atoms with E-state index in [2.05, 4.69) is 231 Å². The molecule has 1 nitrogen and oxygen atoms in total. The normalized spacial score (nSPS) is 12.6. The maximum Gasteiger partial charge on any atom is 0.0467 e. The van der Waals surface area contributed by atoms with E-state index in [4.69, 9.17) is 0 Å². The molecule has 10 rings (SSSR count). The summed E-state index contributed by atoms with van der Waals surface area (Å²) >= 11 is 0. The fourth-order valence-electron chi connectivity index (χ4n) is 8.93. The van der Waals surface area contributed by atoms with E-state index in [1.54, 1.807) is 0 Å². The van der Waals surface area contributed by atoms with Gasteiger partial charge in [0.2, 0.25) is 0 Å². The van der Waals surface area contributed by atoms with E-state index in [-0.39, 0.29) is 5.41 Å². The molecule has 0 atom stereocenters. The first-order chi connectivity index (χ1) is 27.5. The molecule has 1 heteroatoms. The lowest BCUT2D eigenvalue weighted by Gasteiger charge is -2.27. The van der Waals surface area contributed by atoms with Crippen molar-refractivity contribution in [3.8, 4) is 55.6 Å². The van der Waals surface area contributed by atoms with Gasteiger partial charge in [0.05, 0.1) is 0 Å². The van der Waals surface area contributed by atoms with Gasteiger partial charge in [-0.15, -0.1) is 0 Å². The van der Waals surface area contributed by atoms with E-state index in [1.807, 2.05) is 0 Å². The second kappa shape index (κ2) is 13.7. The highest BCUT2D eigenvalue weighted by atomic mass is 15.1. The van der Waals surface area contributed by atoms with Crippen LogP contribution in [-0.2, 0) is 5.41 Å². The zero-order chi connectivity index (χ0) is 37.6. The van der Waals surface area contributed by atoms with Crippen molar-refractivity contribution in [3.63, 3.8) is 0 Å². The number of benzene rings is 9. The maximum absolute atomic E-state index is 2.40. The topological polar surface area (TPSA) is 3.24 Å². The van der Waals surface area contributed by atoms with Gasteiger partial charge in [-0.25, -0.2) is 0 Å². The molecule has 9 aromatic rings. The average Bonchev–Trinajstić information content (AvgIpc) is 3.50. The summed E-state index contributed by atoms with van der Waals surface area (Å²) in [7, 11) is 0. The van der Waals surface area contributed by atoms with Crippen molar-refractivity contribution in [1.82, 2.24) is 0 Å². The Hall–Kier alpha value is -6.96. The van der Waals surface area contributed by atoms with Gasteiger partial charge >= 0.3 is 0 Å². The van der Waals surface area contributed by atoms with Crippen LogP contribution in [-0.4, -0.2) is 0 Å². The van der Waals surface area contributed by atoms with Crippen molar-refractivity contribution in [3.05, 3.63) is 223 Å². The number of hydrogen-bond acceptors (Lipinski definition) is 1. The van der Waals surface area contributed by atoms with Crippen molar-refractivity contribution in [2.45, 2.75) is 19.3 Å². The van der Waals surface area contributed by atoms with Crippen LogP contribution in [0, 0.1) is 0 Å². The number of rotatable bonds is 7. The lowest BCUT2D eigenvalue weighted by Crippen LogP contribution is -2.16. The van der Waals surface area contributed by atoms with Crippen LogP contribution in [0.25, 0.3) is 66.4 Å². The standard InChI is InChI=1S/C55H41N/c1-55(2)53-27-9-8-23-51(53)52-26-13-25-50(54(52)55)42-32-34-45(35-33-42)56(47-21-11-19-44(37-47)49-24-12-17-41-16-6-7-22-48(41)49)46-20-10-18-43(36-46)40-30-28-39(29-31-40)38-14-4-3-5-15-38/h3-37H,1-2H3.